The number of benzene rings is 1. The highest BCUT2D eigenvalue weighted by molar-refractivity contribution is 7.15. The number of carbonyl (C=O) groups excluding carboxylic acids is 1. The average molecular weight is 379 g/mol. The zero-order valence-electron chi connectivity index (χ0n) is 12.3. The number of halogens is 2. The van der Waals surface area contributed by atoms with Crippen molar-refractivity contribution in [2.24, 2.45) is 0 Å². The molecule has 0 aliphatic rings. The van der Waals surface area contributed by atoms with Crippen molar-refractivity contribution in [1.29, 1.82) is 0 Å². The van der Waals surface area contributed by atoms with Crippen LogP contribution in [0.15, 0.2) is 53.3 Å². The second kappa shape index (κ2) is 7.66. The summed E-state index contributed by atoms with van der Waals surface area (Å²) in [6.45, 7) is 0. The Kier molecular flexibility index (Phi) is 5.35. The number of nitrogens with one attached hydrogen (secondary N) is 1. The zero-order chi connectivity index (χ0) is 16.9. The molecular formula is C17H12Cl2N2O2S. The van der Waals surface area contributed by atoms with Crippen LogP contribution in [0, 0.1) is 0 Å². The first-order valence-electron chi connectivity index (χ1n) is 7.02. The van der Waals surface area contributed by atoms with E-state index in [0.717, 1.165) is 10.4 Å². The van der Waals surface area contributed by atoms with Crippen LogP contribution in [0.25, 0.3) is 6.08 Å². The molecule has 3 aromatic rings. The SMILES string of the molecule is O=C(C=Cc1ccco1)Nc1ncc(Cc2cccc(Cl)c2Cl)s1. The molecule has 122 valence electrons. The number of amides is 1. The van der Waals surface area contributed by atoms with Crippen molar-refractivity contribution in [2.75, 3.05) is 5.32 Å². The molecule has 7 heteroatoms. The molecule has 1 aromatic carbocycles. The fraction of sp³-hybridized carbons (Fsp3) is 0.0588. The van der Waals surface area contributed by atoms with Gasteiger partial charge in [-0.2, -0.15) is 0 Å². The lowest BCUT2D eigenvalue weighted by Gasteiger charge is -2.03. The molecule has 1 N–H and O–H groups in total. The van der Waals surface area contributed by atoms with Gasteiger partial charge in [0.15, 0.2) is 5.13 Å². The number of nitrogens with zero attached hydrogens (tertiary/aromatic N) is 1. The number of anilines is 1. The molecule has 4 nitrogen and oxygen atoms in total. The molecule has 24 heavy (non-hydrogen) atoms. The van der Waals surface area contributed by atoms with Crippen molar-refractivity contribution in [3.63, 3.8) is 0 Å². The second-order valence-corrected chi connectivity index (χ2v) is 6.76. The van der Waals surface area contributed by atoms with Gasteiger partial charge in [-0.1, -0.05) is 35.3 Å². The molecule has 0 unspecified atom stereocenters. The Labute approximate surface area is 152 Å². The smallest absolute Gasteiger partial charge is 0.250 e. The lowest BCUT2D eigenvalue weighted by molar-refractivity contribution is -0.111. The Bertz CT molecular complexity index is 873. The van der Waals surface area contributed by atoms with Gasteiger partial charge in [0.1, 0.15) is 5.76 Å². The van der Waals surface area contributed by atoms with Gasteiger partial charge in [0, 0.05) is 23.6 Å². The summed E-state index contributed by atoms with van der Waals surface area (Å²) in [6, 6.07) is 9.04. The fourth-order valence-corrected chi connectivity index (χ4v) is 3.24. The summed E-state index contributed by atoms with van der Waals surface area (Å²) in [5.74, 6) is 0.341. The van der Waals surface area contributed by atoms with E-state index >= 15 is 0 Å². The third-order valence-electron chi connectivity index (χ3n) is 3.12. The molecule has 0 aliphatic carbocycles. The summed E-state index contributed by atoms with van der Waals surface area (Å²) in [5, 5.41) is 4.31. The molecule has 1 amide bonds. The normalized spacial score (nSPS) is 11.1. The standard InChI is InChI=1S/C17H12Cl2N2O2S/c18-14-5-1-3-11(16(14)19)9-13-10-20-17(24-13)21-15(22)7-6-12-4-2-8-23-12/h1-8,10H,9H2,(H,20,21,22). The Morgan fingerprint density at radius 2 is 2.17 bits per heavy atom. The van der Waals surface area contributed by atoms with Gasteiger partial charge >= 0.3 is 0 Å². The van der Waals surface area contributed by atoms with E-state index < -0.39 is 0 Å². The summed E-state index contributed by atoms with van der Waals surface area (Å²) < 4.78 is 5.12. The van der Waals surface area contributed by atoms with Crippen LogP contribution >= 0.6 is 34.5 Å². The number of hydrogen-bond acceptors (Lipinski definition) is 4. The van der Waals surface area contributed by atoms with Gasteiger partial charge in [-0.25, -0.2) is 4.98 Å². The third-order valence-corrected chi connectivity index (χ3v) is 4.89. The number of aromatic nitrogens is 1. The quantitative estimate of drug-likeness (QED) is 0.613. The molecule has 2 heterocycles. The van der Waals surface area contributed by atoms with E-state index in [-0.39, 0.29) is 5.91 Å². The van der Waals surface area contributed by atoms with Crippen molar-refractivity contribution < 1.29 is 9.21 Å². The van der Waals surface area contributed by atoms with Crippen LogP contribution in [0.5, 0.6) is 0 Å². The minimum atomic E-state index is -0.270. The predicted molar refractivity (Wildman–Crippen MR) is 97.8 cm³/mol. The highest BCUT2D eigenvalue weighted by Crippen LogP contribution is 2.29. The van der Waals surface area contributed by atoms with Crippen molar-refractivity contribution in [2.45, 2.75) is 6.42 Å². The Morgan fingerprint density at radius 3 is 2.96 bits per heavy atom. The van der Waals surface area contributed by atoms with Gasteiger partial charge in [-0.15, -0.1) is 11.3 Å². The summed E-state index contributed by atoms with van der Waals surface area (Å²) in [6.07, 6.45) is 6.86. The van der Waals surface area contributed by atoms with E-state index in [9.17, 15) is 4.79 Å². The first-order valence-corrected chi connectivity index (χ1v) is 8.59. The van der Waals surface area contributed by atoms with Crippen molar-refractivity contribution >= 4 is 51.7 Å². The number of furan rings is 1. The minimum Gasteiger partial charge on any atom is -0.465 e. The van der Waals surface area contributed by atoms with E-state index in [1.54, 1.807) is 36.7 Å². The number of thiazole rings is 1. The Hall–Kier alpha value is -2.08. The van der Waals surface area contributed by atoms with Crippen LogP contribution in [-0.2, 0) is 11.2 Å². The third kappa shape index (κ3) is 4.26. The predicted octanol–water partition coefficient (Wildman–Crippen LogP) is 5.29. The van der Waals surface area contributed by atoms with Gasteiger partial charge in [0.05, 0.1) is 16.3 Å². The molecule has 0 spiro atoms. The van der Waals surface area contributed by atoms with E-state index in [4.69, 9.17) is 27.6 Å². The highest BCUT2D eigenvalue weighted by atomic mass is 35.5. The van der Waals surface area contributed by atoms with Gasteiger partial charge in [0.2, 0.25) is 5.91 Å². The van der Waals surface area contributed by atoms with Gasteiger partial charge in [-0.3, -0.25) is 10.1 Å². The minimum absolute atomic E-state index is 0.270. The van der Waals surface area contributed by atoms with Crippen molar-refractivity contribution in [3.8, 4) is 0 Å². The average Bonchev–Trinajstić information content (AvgIpc) is 3.22. The summed E-state index contributed by atoms with van der Waals surface area (Å²) in [5.41, 5.74) is 0.920. The van der Waals surface area contributed by atoms with Crippen LogP contribution in [0.2, 0.25) is 10.0 Å². The maximum atomic E-state index is 11.9. The van der Waals surface area contributed by atoms with Crippen molar-refractivity contribution in [1.82, 2.24) is 4.98 Å². The molecule has 0 saturated heterocycles. The molecule has 2 aromatic heterocycles. The number of rotatable bonds is 5. The van der Waals surface area contributed by atoms with Gasteiger partial charge < -0.3 is 4.42 Å². The largest absolute Gasteiger partial charge is 0.465 e. The second-order valence-electron chi connectivity index (χ2n) is 4.86. The van der Waals surface area contributed by atoms with Crippen LogP contribution in [-0.4, -0.2) is 10.9 Å². The molecule has 0 radical (unpaired) electrons. The fourth-order valence-electron chi connectivity index (χ4n) is 2.01. The zero-order valence-corrected chi connectivity index (χ0v) is 14.7. The highest BCUT2D eigenvalue weighted by Gasteiger charge is 2.09. The molecular weight excluding hydrogens is 367 g/mol. The molecule has 0 fully saturated rings. The molecule has 3 rings (SSSR count). The lowest BCUT2D eigenvalue weighted by atomic mass is 10.1. The lowest BCUT2D eigenvalue weighted by Crippen LogP contribution is -2.06. The van der Waals surface area contributed by atoms with Crippen LogP contribution in [0.1, 0.15) is 16.2 Å². The topological polar surface area (TPSA) is 55.1 Å². The van der Waals surface area contributed by atoms with E-state index in [0.29, 0.717) is 27.4 Å². The van der Waals surface area contributed by atoms with E-state index in [1.807, 2.05) is 12.1 Å². The number of carbonyl (C=O) groups is 1. The van der Waals surface area contributed by atoms with E-state index in [2.05, 4.69) is 10.3 Å². The van der Waals surface area contributed by atoms with Gasteiger partial charge in [-0.05, 0) is 29.8 Å². The Morgan fingerprint density at radius 1 is 1.29 bits per heavy atom. The van der Waals surface area contributed by atoms with Crippen molar-refractivity contribution in [3.05, 3.63) is 75.1 Å². The first kappa shape index (κ1) is 16.8. The Balaban J connectivity index is 1.63. The number of hydrogen-bond donors (Lipinski definition) is 1. The summed E-state index contributed by atoms with van der Waals surface area (Å²) >= 11 is 13.6. The molecule has 0 atom stereocenters. The molecule has 0 aliphatic heterocycles. The van der Waals surface area contributed by atoms with Crippen LogP contribution in [0.4, 0.5) is 5.13 Å². The molecule has 0 bridgehead atoms. The summed E-state index contributed by atoms with van der Waals surface area (Å²) in [7, 11) is 0. The first-order chi connectivity index (χ1) is 11.6. The van der Waals surface area contributed by atoms with Gasteiger partial charge in [0.25, 0.3) is 0 Å². The maximum absolute atomic E-state index is 11.9. The van der Waals surface area contributed by atoms with E-state index in [1.165, 1.54) is 17.4 Å². The molecule has 0 saturated carbocycles. The van der Waals surface area contributed by atoms with Crippen LogP contribution in [0.3, 0.4) is 0 Å². The van der Waals surface area contributed by atoms with Crippen LogP contribution < -0.4 is 5.32 Å². The summed E-state index contributed by atoms with van der Waals surface area (Å²) in [4.78, 5) is 17.0. The monoisotopic (exact) mass is 378 g/mol. The maximum Gasteiger partial charge on any atom is 0.250 e.